The van der Waals surface area contributed by atoms with E-state index in [1.54, 1.807) is 0 Å². The maximum absolute atomic E-state index is 5.95. The predicted molar refractivity (Wildman–Crippen MR) is 85.5 cm³/mol. The van der Waals surface area contributed by atoms with E-state index in [0.717, 1.165) is 43.2 Å². The first-order valence-corrected chi connectivity index (χ1v) is 8.83. The highest BCUT2D eigenvalue weighted by Gasteiger charge is 2.25. The van der Waals surface area contributed by atoms with Crippen molar-refractivity contribution in [2.75, 3.05) is 24.7 Å². The van der Waals surface area contributed by atoms with Crippen LogP contribution >= 0.6 is 11.8 Å². The molecule has 0 saturated carbocycles. The normalized spacial score (nSPS) is 21.3. The van der Waals surface area contributed by atoms with Gasteiger partial charge in [-0.2, -0.15) is 16.9 Å². The summed E-state index contributed by atoms with van der Waals surface area (Å²) >= 11 is 1.99. The van der Waals surface area contributed by atoms with E-state index in [0.29, 0.717) is 18.2 Å². The van der Waals surface area contributed by atoms with E-state index in [9.17, 15) is 0 Å². The average Bonchev–Trinajstić information content (AvgIpc) is 2.93. The van der Waals surface area contributed by atoms with Crippen LogP contribution < -0.4 is 5.32 Å². The van der Waals surface area contributed by atoms with Crippen LogP contribution in [0, 0.1) is 0 Å². The fourth-order valence-electron chi connectivity index (χ4n) is 2.40. The van der Waals surface area contributed by atoms with Crippen LogP contribution in [-0.4, -0.2) is 46.6 Å². The highest BCUT2D eigenvalue weighted by molar-refractivity contribution is 7.99. The van der Waals surface area contributed by atoms with Gasteiger partial charge < -0.3 is 10.1 Å². The van der Waals surface area contributed by atoms with Gasteiger partial charge in [0.2, 0.25) is 0 Å². The molecule has 1 N–H and O–H groups in total. The van der Waals surface area contributed by atoms with Gasteiger partial charge in [-0.3, -0.25) is 4.68 Å². The zero-order valence-corrected chi connectivity index (χ0v) is 13.7. The van der Waals surface area contributed by atoms with Crippen LogP contribution in [0.25, 0.3) is 0 Å². The van der Waals surface area contributed by atoms with E-state index >= 15 is 0 Å². The summed E-state index contributed by atoms with van der Waals surface area (Å²) in [5, 5.41) is 8.31. The lowest BCUT2D eigenvalue weighted by atomic mass is 10.1. The molecule has 1 saturated heterocycles. The first-order valence-electron chi connectivity index (χ1n) is 7.67. The maximum Gasteiger partial charge on any atom is 0.0822 e. The lowest BCUT2D eigenvalue weighted by Crippen LogP contribution is -2.46. The van der Waals surface area contributed by atoms with E-state index < -0.39 is 0 Å². The first kappa shape index (κ1) is 15.9. The molecule has 2 rings (SSSR count). The summed E-state index contributed by atoms with van der Waals surface area (Å²) < 4.78 is 7.98. The minimum absolute atomic E-state index is 0.310. The molecule has 1 aliphatic heterocycles. The monoisotopic (exact) mass is 297 g/mol. The Kier molecular flexibility index (Phi) is 6.39. The molecule has 4 nitrogen and oxygen atoms in total. The van der Waals surface area contributed by atoms with Crippen LogP contribution in [0.15, 0.2) is 12.3 Å². The van der Waals surface area contributed by atoms with Crippen molar-refractivity contribution in [3.8, 4) is 0 Å². The third-order valence-corrected chi connectivity index (χ3v) is 4.59. The molecule has 1 aliphatic rings. The van der Waals surface area contributed by atoms with E-state index in [1.165, 1.54) is 0 Å². The molecule has 0 bridgehead atoms. The van der Waals surface area contributed by atoms with Crippen molar-refractivity contribution in [1.29, 1.82) is 0 Å². The average molecular weight is 297 g/mol. The second-order valence-electron chi connectivity index (χ2n) is 5.63. The second kappa shape index (κ2) is 8.05. The summed E-state index contributed by atoms with van der Waals surface area (Å²) in [6, 6.07) is 2.93. The second-order valence-corrected chi connectivity index (χ2v) is 6.78. The number of nitrogens with one attached hydrogen (secondary N) is 1. The van der Waals surface area contributed by atoms with Crippen molar-refractivity contribution in [3.63, 3.8) is 0 Å². The van der Waals surface area contributed by atoms with Crippen LogP contribution in [-0.2, 0) is 11.2 Å². The molecule has 1 fully saturated rings. The third-order valence-electron chi connectivity index (χ3n) is 3.57. The van der Waals surface area contributed by atoms with Gasteiger partial charge in [0.15, 0.2) is 0 Å². The number of thioether (sulfide) groups is 1. The lowest BCUT2D eigenvalue weighted by molar-refractivity contribution is 0.0469. The maximum atomic E-state index is 5.95. The Hall–Kier alpha value is -0.520. The molecule has 5 heteroatoms. The Morgan fingerprint density at radius 3 is 3.00 bits per heavy atom. The number of ether oxygens (including phenoxy) is 1. The van der Waals surface area contributed by atoms with Crippen LogP contribution in [0.5, 0.6) is 0 Å². The number of nitrogens with zero attached hydrogens (tertiary/aromatic N) is 2. The molecular weight excluding hydrogens is 270 g/mol. The van der Waals surface area contributed by atoms with Crippen molar-refractivity contribution in [2.24, 2.45) is 0 Å². The molecule has 20 heavy (non-hydrogen) atoms. The largest absolute Gasteiger partial charge is 0.375 e. The number of hydrogen-bond acceptors (Lipinski definition) is 4. The Morgan fingerprint density at radius 1 is 1.55 bits per heavy atom. The lowest BCUT2D eigenvalue weighted by Gasteiger charge is -2.30. The van der Waals surface area contributed by atoms with Crippen LogP contribution in [0.3, 0.4) is 0 Å². The number of rotatable bonds is 7. The number of aromatic nitrogens is 2. The van der Waals surface area contributed by atoms with Gasteiger partial charge >= 0.3 is 0 Å². The zero-order chi connectivity index (χ0) is 14.4. The van der Waals surface area contributed by atoms with Crippen molar-refractivity contribution >= 4 is 11.8 Å². The summed E-state index contributed by atoms with van der Waals surface area (Å²) in [6.45, 7) is 8.43. The van der Waals surface area contributed by atoms with Crippen LogP contribution in [0.2, 0.25) is 0 Å². The van der Waals surface area contributed by atoms with Crippen molar-refractivity contribution < 1.29 is 4.74 Å². The zero-order valence-electron chi connectivity index (χ0n) is 12.8. The smallest absolute Gasteiger partial charge is 0.0822 e. The molecule has 2 unspecified atom stereocenters. The van der Waals surface area contributed by atoms with E-state index in [2.05, 4.69) is 43.4 Å². The fourth-order valence-corrected chi connectivity index (χ4v) is 3.34. The highest BCUT2D eigenvalue weighted by Crippen LogP contribution is 2.18. The minimum Gasteiger partial charge on any atom is -0.375 e. The number of hydrogen-bond donors (Lipinski definition) is 1. The summed E-state index contributed by atoms with van der Waals surface area (Å²) in [4.78, 5) is 0. The topological polar surface area (TPSA) is 39.1 Å². The SMILES string of the molecule is CCCNC(Cc1ccn(C(C)C)n1)C1CSCCO1. The summed E-state index contributed by atoms with van der Waals surface area (Å²) in [6.07, 6.45) is 4.49. The Labute approximate surface area is 126 Å². The minimum atomic E-state index is 0.310. The Balaban J connectivity index is 1.97. The molecule has 1 aromatic heterocycles. The van der Waals surface area contributed by atoms with Gasteiger partial charge in [0.05, 0.1) is 18.4 Å². The molecule has 0 aliphatic carbocycles. The van der Waals surface area contributed by atoms with E-state index in [1.807, 2.05) is 16.4 Å². The molecule has 0 spiro atoms. The molecule has 114 valence electrons. The Morgan fingerprint density at radius 2 is 2.40 bits per heavy atom. The van der Waals surface area contributed by atoms with Crippen LogP contribution in [0.4, 0.5) is 0 Å². The Bertz CT molecular complexity index is 388. The summed E-state index contributed by atoms with van der Waals surface area (Å²) in [7, 11) is 0. The van der Waals surface area contributed by atoms with Crippen molar-refractivity contribution in [3.05, 3.63) is 18.0 Å². The van der Waals surface area contributed by atoms with Gasteiger partial charge in [0.1, 0.15) is 0 Å². The van der Waals surface area contributed by atoms with Crippen molar-refractivity contribution in [2.45, 2.75) is 51.8 Å². The molecule has 2 atom stereocenters. The molecule has 0 aromatic carbocycles. The van der Waals surface area contributed by atoms with E-state index in [4.69, 9.17) is 4.74 Å². The molecular formula is C15H27N3OS. The van der Waals surface area contributed by atoms with Crippen LogP contribution in [0.1, 0.15) is 38.9 Å². The molecule has 2 heterocycles. The standard InChI is InChI=1S/C15H27N3OS/c1-4-6-16-14(15-11-20-9-8-19-15)10-13-5-7-18(17-13)12(2)3/h5,7,12,14-16H,4,6,8-11H2,1-3H3. The first-order chi connectivity index (χ1) is 9.70. The highest BCUT2D eigenvalue weighted by atomic mass is 32.2. The summed E-state index contributed by atoms with van der Waals surface area (Å²) in [5.74, 6) is 2.21. The summed E-state index contributed by atoms with van der Waals surface area (Å²) in [5.41, 5.74) is 1.16. The third kappa shape index (κ3) is 4.50. The van der Waals surface area contributed by atoms with Crippen molar-refractivity contribution in [1.82, 2.24) is 15.1 Å². The van der Waals surface area contributed by atoms with E-state index in [-0.39, 0.29) is 0 Å². The van der Waals surface area contributed by atoms with Gasteiger partial charge in [0, 0.05) is 36.2 Å². The molecule has 0 radical (unpaired) electrons. The van der Waals surface area contributed by atoms with Gasteiger partial charge in [-0.15, -0.1) is 0 Å². The van der Waals surface area contributed by atoms with Gasteiger partial charge in [-0.25, -0.2) is 0 Å². The predicted octanol–water partition coefficient (Wildman–Crippen LogP) is 2.51. The van der Waals surface area contributed by atoms with Gasteiger partial charge in [0.25, 0.3) is 0 Å². The molecule has 0 amide bonds. The van der Waals surface area contributed by atoms with Gasteiger partial charge in [-0.1, -0.05) is 6.92 Å². The fraction of sp³-hybridized carbons (Fsp3) is 0.800. The molecule has 1 aromatic rings. The quantitative estimate of drug-likeness (QED) is 0.839. The van der Waals surface area contributed by atoms with Gasteiger partial charge in [-0.05, 0) is 32.9 Å².